The van der Waals surface area contributed by atoms with E-state index >= 15 is 0 Å². The van der Waals surface area contributed by atoms with Crippen LogP contribution in [0.1, 0.15) is 54.4 Å². The first kappa shape index (κ1) is 19.2. The third-order valence-electron chi connectivity index (χ3n) is 7.63. The summed E-state index contributed by atoms with van der Waals surface area (Å²) in [5.74, 6) is 1.18. The number of hydrogen-bond donors (Lipinski definition) is 2. The summed E-state index contributed by atoms with van der Waals surface area (Å²) >= 11 is 0. The highest BCUT2D eigenvalue weighted by Gasteiger charge is 2.60. The summed E-state index contributed by atoms with van der Waals surface area (Å²) < 4.78 is 5.33. The Kier molecular flexibility index (Phi) is 4.38. The lowest BCUT2D eigenvalue weighted by Crippen LogP contribution is -2.57. The summed E-state index contributed by atoms with van der Waals surface area (Å²) in [4.78, 5) is 24.6. The maximum absolute atomic E-state index is 13.5. The standard InChI is InChI=1S/C25H27NO4/c1-30-21-8-4-19(5-9-21)24-11-16-10-17(12-24)14-25(13-16,15-24)23(29)26-20-6-2-18(3-7-20)22(27)28/h2-9,16-17H,10-15H2,1H3,(H,26,29)(H,27,28). The third kappa shape index (κ3) is 3.08. The number of nitrogens with one attached hydrogen (secondary N) is 1. The Morgan fingerprint density at radius 1 is 0.967 bits per heavy atom. The molecule has 5 nitrogen and oxygen atoms in total. The molecule has 2 aromatic rings. The molecule has 6 rings (SSSR count). The Labute approximate surface area is 176 Å². The lowest BCUT2D eigenvalue weighted by Gasteiger charge is -2.61. The zero-order chi connectivity index (χ0) is 20.9. The lowest BCUT2D eigenvalue weighted by atomic mass is 9.42. The van der Waals surface area contributed by atoms with Gasteiger partial charge in [0.1, 0.15) is 5.75 Å². The van der Waals surface area contributed by atoms with E-state index in [2.05, 4.69) is 17.4 Å². The van der Waals surface area contributed by atoms with Gasteiger partial charge in [0, 0.05) is 5.69 Å². The molecule has 156 valence electrons. The van der Waals surface area contributed by atoms with Gasteiger partial charge >= 0.3 is 5.97 Å². The molecule has 0 heterocycles. The van der Waals surface area contributed by atoms with Crippen LogP contribution in [0.3, 0.4) is 0 Å². The first-order chi connectivity index (χ1) is 14.4. The number of carboxylic acids is 1. The first-order valence-corrected chi connectivity index (χ1v) is 10.7. The number of carboxylic acid groups (broad SMARTS) is 1. The van der Waals surface area contributed by atoms with E-state index in [0.717, 1.165) is 37.9 Å². The normalized spacial score (nSPS) is 31.4. The molecule has 5 heteroatoms. The second-order valence-corrected chi connectivity index (χ2v) is 9.59. The predicted octanol–water partition coefficient (Wildman–Crippen LogP) is 4.87. The van der Waals surface area contributed by atoms with Gasteiger partial charge in [-0.2, -0.15) is 0 Å². The molecule has 2 atom stereocenters. The van der Waals surface area contributed by atoms with E-state index in [0.29, 0.717) is 17.5 Å². The van der Waals surface area contributed by atoms with Crippen LogP contribution in [0.4, 0.5) is 5.69 Å². The van der Waals surface area contributed by atoms with E-state index in [1.54, 1.807) is 19.2 Å². The molecule has 4 fully saturated rings. The molecule has 0 aromatic heterocycles. The van der Waals surface area contributed by atoms with Gasteiger partial charge in [-0.1, -0.05) is 12.1 Å². The highest BCUT2D eigenvalue weighted by Crippen LogP contribution is 2.66. The highest BCUT2D eigenvalue weighted by atomic mass is 16.5. The molecule has 0 spiro atoms. The number of hydrogen-bond acceptors (Lipinski definition) is 3. The van der Waals surface area contributed by atoms with Gasteiger partial charge in [0.25, 0.3) is 0 Å². The fourth-order valence-corrected chi connectivity index (χ4v) is 6.77. The first-order valence-electron chi connectivity index (χ1n) is 10.7. The Hall–Kier alpha value is -2.82. The van der Waals surface area contributed by atoms with Crippen molar-refractivity contribution in [3.63, 3.8) is 0 Å². The van der Waals surface area contributed by atoms with E-state index in [-0.39, 0.29) is 22.3 Å². The second-order valence-electron chi connectivity index (χ2n) is 9.59. The number of methoxy groups -OCH3 is 1. The Balaban J connectivity index is 1.42. The molecule has 4 bridgehead atoms. The summed E-state index contributed by atoms with van der Waals surface area (Å²) in [6.45, 7) is 0. The number of amides is 1. The van der Waals surface area contributed by atoms with Crippen molar-refractivity contribution >= 4 is 17.6 Å². The van der Waals surface area contributed by atoms with Gasteiger partial charge < -0.3 is 15.2 Å². The molecule has 2 N–H and O–H groups in total. The van der Waals surface area contributed by atoms with E-state index in [4.69, 9.17) is 9.84 Å². The maximum atomic E-state index is 13.5. The summed E-state index contributed by atoms with van der Waals surface area (Å²) in [5.41, 5.74) is 1.96. The van der Waals surface area contributed by atoms with Crippen LogP contribution in [0.25, 0.3) is 0 Å². The van der Waals surface area contributed by atoms with Crippen molar-refractivity contribution in [3.8, 4) is 5.75 Å². The Morgan fingerprint density at radius 2 is 1.60 bits per heavy atom. The minimum absolute atomic E-state index is 0.0703. The lowest BCUT2D eigenvalue weighted by molar-refractivity contribution is -0.143. The number of anilines is 1. The van der Waals surface area contributed by atoms with Crippen LogP contribution in [0.2, 0.25) is 0 Å². The zero-order valence-electron chi connectivity index (χ0n) is 17.2. The number of aromatic carboxylic acids is 1. The fraction of sp³-hybridized carbons (Fsp3) is 0.440. The van der Waals surface area contributed by atoms with E-state index < -0.39 is 5.97 Å². The van der Waals surface area contributed by atoms with Crippen molar-refractivity contribution in [1.82, 2.24) is 0 Å². The second kappa shape index (κ2) is 6.86. The molecule has 1 amide bonds. The Bertz CT molecular complexity index is 965. The van der Waals surface area contributed by atoms with Crippen molar-refractivity contribution in [3.05, 3.63) is 59.7 Å². The summed E-state index contributed by atoms with van der Waals surface area (Å²) in [6, 6.07) is 14.9. The maximum Gasteiger partial charge on any atom is 0.335 e. The third-order valence-corrected chi connectivity index (χ3v) is 7.63. The van der Waals surface area contributed by atoms with Crippen LogP contribution in [0, 0.1) is 17.3 Å². The summed E-state index contributed by atoms with van der Waals surface area (Å²) in [6.07, 6.45) is 6.37. The number of benzene rings is 2. The average molecular weight is 405 g/mol. The summed E-state index contributed by atoms with van der Waals surface area (Å²) in [7, 11) is 1.68. The highest BCUT2D eigenvalue weighted by molar-refractivity contribution is 5.96. The van der Waals surface area contributed by atoms with Gasteiger partial charge in [-0.25, -0.2) is 4.79 Å². The molecule has 30 heavy (non-hydrogen) atoms. The van der Waals surface area contributed by atoms with Crippen molar-refractivity contribution in [1.29, 1.82) is 0 Å². The molecule has 0 saturated heterocycles. The van der Waals surface area contributed by atoms with Crippen molar-refractivity contribution in [2.24, 2.45) is 17.3 Å². The molecule has 2 aromatic carbocycles. The number of carbonyl (C=O) groups excluding carboxylic acids is 1. The molecule has 4 aliphatic rings. The molecule has 0 aliphatic heterocycles. The molecular weight excluding hydrogens is 378 g/mol. The van der Waals surface area contributed by atoms with Crippen molar-refractivity contribution < 1.29 is 19.4 Å². The minimum atomic E-state index is -0.963. The van der Waals surface area contributed by atoms with Crippen LogP contribution in [-0.4, -0.2) is 24.1 Å². The van der Waals surface area contributed by atoms with Gasteiger partial charge in [-0.05, 0) is 97.7 Å². The van der Waals surface area contributed by atoms with Gasteiger partial charge in [0.2, 0.25) is 5.91 Å². The topological polar surface area (TPSA) is 75.6 Å². The van der Waals surface area contributed by atoms with E-state index in [1.807, 2.05) is 12.1 Å². The van der Waals surface area contributed by atoms with Gasteiger partial charge in [-0.15, -0.1) is 0 Å². The van der Waals surface area contributed by atoms with Crippen molar-refractivity contribution in [2.45, 2.75) is 43.9 Å². The smallest absolute Gasteiger partial charge is 0.335 e. The SMILES string of the molecule is COc1ccc(C23CC4CC(CC(C(=O)Nc5ccc(C(=O)O)cc5)(C4)C2)C3)cc1. The van der Waals surface area contributed by atoms with Crippen LogP contribution < -0.4 is 10.1 Å². The van der Waals surface area contributed by atoms with Gasteiger partial charge in [-0.3, -0.25) is 4.79 Å². The van der Waals surface area contributed by atoms with Crippen LogP contribution in [0.5, 0.6) is 5.75 Å². The predicted molar refractivity (Wildman–Crippen MR) is 114 cm³/mol. The largest absolute Gasteiger partial charge is 0.497 e. The van der Waals surface area contributed by atoms with Crippen molar-refractivity contribution in [2.75, 3.05) is 12.4 Å². The number of rotatable bonds is 5. The van der Waals surface area contributed by atoms with Gasteiger partial charge in [0.15, 0.2) is 0 Å². The molecule has 4 saturated carbocycles. The average Bonchev–Trinajstić information content (AvgIpc) is 2.73. The number of ether oxygens (including phenoxy) is 1. The minimum Gasteiger partial charge on any atom is -0.497 e. The van der Waals surface area contributed by atoms with E-state index in [9.17, 15) is 9.59 Å². The van der Waals surface area contributed by atoms with E-state index in [1.165, 1.54) is 24.1 Å². The monoisotopic (exact) mass is 405 g/mol. The van der Waals surface area contributed by atoms with Gasteiger partial charge in [0.05, 0.1) is 18.1 Å². The molecular formula is C25H27NO4. The Morgan fingerprint density at radius 3 is 2.17 bits per heavy atom. The van der Waals surface area contributed by atoms with Crippen LogP contribution in [0.15, 0.2) is 48.5 Å². The molecule has 0 radical (unpaired) electrons. The van der Waals surface area contributed by atoms with Crippen LogP contribution in [-0.2, 0) is 10.2 Å². The molecule has 4 aliphatic carbocycles. The quantitative estimate of drug-likeness (QED) is 0.744. The zero-order valence-corrected chi connectivity index (χ0v) is 17.2. The number of carbonyl (C=O) groups is 2. The fourth-order valence-electron chi connectivity index (χ4n) is 6.77. The molecule has 2 unspecified atom stereocenters. The van der Waals surface area contributed by atoms with Crippen LogP contribution >= 0.6 is 0 Å². The summed E-state index contributed by atoms with van der Waals surface area (Å²) in [5, 5.41) is 12.2.